The first kappa shape index (κ1) is 28.0. The molecule has 2 amide bonds. The predicted molar refractivity (Wildman–Crippen MR) is 161 cm³/mol. The molecule has 0 radical (unpaired) electrons. The Bertz CT molecular complexity index is 1580. The molecule has 0 N–H and O–H groups in total. The first-order valence-corrected chi connectivity index (χ1v) is 14.3. The van der Waals surface area contributed by atoms with Gasteiger partial charge in [0, 0.05) is 43.9 Å². The Kier molecular flexibility index (Phi) is 8.35. The lowest BCUT2D eigenvalue weighted by Gasteiger charge is -2.27. The van der Waals surface area contributed by atoms with Crippen LogP contribution >= 0.6 is 0 Å². The minimum atomic E-state index is -0.238. The van der Waals surface area contributed by atoms with Crippen molar-refractivity contribution in [3.63, 3.8) is 0 Å². The van der Waals surface area contributed by atoms with E-state index in [4.69, 9.17) is 14.2 Å². The number of ether oxygens (including phenoxy) is 3. The number of nitrogens with zero attached hydrogens (tertiary/aromatic N) is 5. The summed E-state index contributed by atoms with van der Waals surface area (Å²) in [4.78, 5) is 32.9. The fraction of sp³-hybridized carbons (Fsp3) is 0.273. The van der Waals surface area contributed by atoms with Gasteiger partial charge in [-0.1, -0.05) is 42.5 Å². The summed E-state index contributed by atoms with van der Waals surface area (Å²) >= 11 is 0. The Hall–Kier alpha value is -5.12. The molecule has 0 unspecified atom stereocenters. The number of hydrogen-bond donors (Lipinski definition) is 0. The molecule has 0 aliphatic carbocycles. The Morgan fingerprint density at radius 3 is 2.53 bits per heavy atom. The van der Waals surface area contributed by atoms with Crippen molar-refractivity contribution in [2.75, 3.05) is 51.5 Å². The number of fused-ring (bicyclic) bond motifs is 1. The van der Waals surface area contributed by atoms with Gasteiger partial charge in [0.1, 0.15) is 12.3 Å². The highest BCUT2D eigenvalue weighted by molar-refractivity contribution is 5.97. The molecule has 43 heavy (non-hydrogen) atoms. The molecule has 3 aromatic carbocycles. The molecule has 1 saturated heterocycles. The third kappa shape index (κ3) is 6.53. The van der Waals surface area contributed by atoms with E-state index in [-0.39, 0.29) is 25.2 Å². The SMILES string of the molecule is COc1cccc(-c2ccc(N3CCCN(C(=O)CN(Cc4ccccc4)C(=O)c4ccc5c(c4)OCO5)CC3)nn2)c1. The molecule has 4 aromatic rings. The van der Waals surface area contributed by atoms with E-state index in [0.29, 0.717) is 43.2 Å². The summed E-state index contributed by atoms with van der Waals surface area (Å²) in [7, 11) is 1.64. The number of rotatable bonds is 8. The van der Waals surface area contributed by atoms with Crippen LogP contribution in [0.3, 0.4) is 0 Å². The number of aromatic nitrogens is 2. The number of carbonyl (C=O) groups excluding carboxylic acids is 2. The van der Waals surface area contributed by atoms with Gasteiger partial charge < -0.3 is 28.9 Å². The van der Waals surface area contributed by atoms with E-state index in [1.807, 2.05) is 71.6 Å². The van der Waals surface area contributed by atoms with Crippen molar-refractivity contribution in [3.8, 4) is 28.5 Å². The lowest BCUT2D eigenvalue weighted by atomic mass is 10.1. The van der Waals surface area contributed by atoms with Crippen LogP contribution in [0.15, 0.2) is 84.9 Å². The molecular weight excluding hydrogens is 546 g/mol. The predicted octanol–water partition coefficient (Wildman–Crippen LogP) is 4.26. The van der Waals surface area contributed by atoms with Crippen LogP contribution in [-0.2, 0) is 11.3 Å². The van der Waals surface area contributed by atoms with E-state index in [1.54, 1.807) is 30.2 Å². The smallest absolute Gasteiger partial charge is 0.254 e. The molecule has 0 bridgehead atoms. The van der Waals surface area contributed by atoms with Crippen LogP contribution in [0.2, 0.25) is 0 Å². The third-order valence-corrected chi connectivity index (χ3v) is 7.64. The minimum absolute atomic E-state index is 0.0305. The molecule has 2 aliphatic heterocycles. The van der Waals surface area contributed by atoms with Crippen LogP contribution in [0.4, 0.5) is 5.82 Å². The highest BCUT2D eigenvalue weighted by Crippen LogP contribution is 2.33. The molecule has 1 fully saturated rings. The van der Waals surface area contributed by atoms with Gasteiger partial charge in [-0.25, -0.2) is 0 Å². The number of amides is 2. The quantitative estimate of drug-likeness (QED) is 0.306. The zero-order valence-corrected chi connectivity index (χ0v) is 24.0. The Morgan fingerprint density at radius 2 is 1.72 bits per heavy atom. The second-order valence-corrected chi connectivity index (χ2v) is 10.4. The van der Waals surface area contributed by atoms with Crippen LogP contribution in [0, 0.1) is 0 Å². The van der Waals surface area contributed by atoms with Crippen molar-refractivity contribution in [2.24, 2.45) is 0 Å². The summed E-state index contributed by atoms with van der Waals surface area (Å²) in [5.41, 5.74) is 3.09. The molecule has 2 aliphatic rings. The summed E-state index contributed by atoms with van der Waals surface area (Å²) < 4.78 is 16.2. The summed E-state index contributed by atoms with van der Waals surface area (Å²) in [5.74, 6) is 2.34. The zero-order valence-electron chi connectivity index (χ0n) is 24.0. The number of carbonyl (C=O) groups is 2. The molecule has 3 heterocycles. The number of anilines is 1. The van der Waals surface area contributed by atoms with Gasteiger partial charge >= 0.3 is 0 Å². The van der Waals surface area contributed by atoms with Crippen molar-refractivity contribution < 1.29 is 23.8 Å². The Labute approximate surface area is 250 Å². The normalized spacial score (nSPS) is 14.3. The maximum atomic E-state index is 13.7. The van der Waals surface area contributed by atoms with E-state index in [2.05, 4.69) is 15.1 Å². The minimum Gasteiger partial charge on any atom is -0.497 e. The summed E-state index contributed by atoms with van der Waals surface area (Å²) in [6.07, 6.45) is 0.778. The summed E-state index contributed by atoms with van der Waals surface area (Å²) in [6, 6.07) is 26.4. The highest BCUT2D eigenvalue weighted by atomic mass is 16.7. The molecule has 0 atom stereocenters. The molecule has 220 valence electrons. The van der Waals surface area contributed by atoms with Crippen molar-refractivity contribution in [2.45, 2.75) is 13.0 Å². The van der Waals surface area contributed by atoms with Gasteiger partial charge in [0.15, 0.2) is 17.3 Å². The van der Waals surface area contributed by atoms with Gasteiger partial charge in [-0.05, 0) is 54.4 Å². The van der Waals surface area contributed by atoms with Crippen LogP contribution in [0.25, 0.3) is 11.3 Å². The second-order valence-electron chi connectivity index (χ2n) is 10.4. The van der Waals surface area contributed by atoms with Gasteiger partial charge in [0.25, 0.3) is 5.91 Å². The van der Waals surface area contributed by atoms with Crippen LogP contribution in [-0.4, -0.2) is 78.4 Å². The van der Waals surface area contributed by atoms with Crippen molar-refractivity contribution in [1.29, 1.82) is 0 Å². The monoisotopic (exact) mass is 579 g/mol. The molecule has 10 heteroatoms. The van der Waals surface area contributed by atoms with E-state index < -0.39 is 0 Å². The third-order valence-electron chi connectivity index (χ3n) is 7.64. The van der Waals surface area contributed by atoms with Crippen molar-refractivity contribution >= 4 is 17.6 Å². The lowest BCUT2D eigenvalue weighted by molar-refractivity contribution is -0.131. The van der Waals surface area contributed by atoms with Gasteiger partial charge in [0.2, 0.25) is 12.7 Å². The van der Waals surface area contributed by atoms with Gasteiger partial charge in [-0.3, -0.25) is 9.59 Å². The highest BCUT2D eigenvalue weighted by Gasteiger charge is 2.26. The molecule has 1 aromatic heterocycles. The molecular formula is C33H33N5O5. The molecule has 0 spiro atoms. The molecule has 0 saturated carbocycles. The van der Waals surface area contributed by atoms with Crippen LogP contribution in [0.5, 0.6) is 17.2 Å². The first-order valence-electron chi connectivity index (χ1n) is 14.3. The fourth-order valence-electron chi connectivity index (χ4n) is 5.30. The zero-order chi connectivity index (χ0) is 29.6. The Balaban J connectivity index is 1.12. The lowest BCUT2D eigenvalue weighted by Crippen LogP contribution is -2.44. The molecule has 10 nitrogen and oxygen atoms in total. The summed E-state index contributed by atoms with van der Waals surface area (Å²) in [6.45, 7) is 2.90. The van der Waals surface area contributed by atoms with Crippen molar-refractivity contribution in [1.82, 2.24) is 20.0 Å². The number of benzene rings is 3. The van der Waals surface area contributed by atoms with E-state index >= 15 is 0 Å². The number of methoxy groups -OCH3 is 1. The largest absolute Gasteiger partial charge is 0.497 e. The van der Waals surface area contributed by atoms with Gasteiger partial charge in [-0.15, -0.1) is 10.2 Å². The maximum absolute atomic E-state index is 13.7. The average Bonchev–Trinajstić information content (AvgIpc) is 3.39. The Morgan fingerprint density at radius 1 is 0.860 bits per heavy atom. The van der Waals surface area contributed by atoms with Crippen molar-refractivity contribution in [3.05, 3.63) is 96.1 Å². The van der Waals surface area contributed by atoms with E-state index in [1.165, 1.54) is 0 Å². The van der Waals surface area contributed by atoms with Gasteiger partial charge in [0.05, 0.1) is 12.8 Å². The van der Waals surface area contributed by atoms with E-state index in [0.717, 1.165) is 41.4 Å². The van der Waals surface area contributed by atoms with E-state index in [9.17, 15) is 9.59 Å². The summed E-state index contributed by atoms with van der Waals surface area (Å²) in [5, 5.41) is 8.93. The topological polar surface area (TPSA) is 97.3 Å². The van der Waals surface area contributed by atoms with Crippen LogP contribution in [0.1, 0.15) is 22.3 Å². The second kappa shape index (κ2) is 12.8. The average molecular weight is 580 g/mol. The first-order chi connectivity index (χ1) is 21.1. The fourth-order valence-corrected chi connectivity index (χ4v) is 5.30. The standard InChI is InChI=1S/C33H33N5O5/c1-41-27-10-5-9-25(19-27)28-12-14-31(35-34-28)36-15-6-16-37(18-17-36)32(39)22-38(21-24-7-3-2-4-8-24)33(40)26-11-13-29-30(20-26)43-23-42-29/h2-5,7-14,19-20H,6,15-18,21-23H2,1H3. The molecule has 6 rings (SSSR count). The number of hydrogen-bond acceptors (Lipinski definition) is 8. The van der Waals surface area contributed by atoms with Gasteiger partial charge in [-0.2, -0.15) is 0 Å². The van der Waals surface area contributed by atoms with Crippen LogP contribution < -0.4 is 19.1 Å². The maximum Gasteiger partial charge on any atom is 0.254 e.